The molecule has 0 bridgehead atoms. The maximum Gasteiger partial charge on any atom is 0.248 e. The predicted octanol–water partition coefficient (Wildman–Crippen LogP) is 3.85. The molecule has 2 N–H and O–H groups in total. The Hall–Kier alpha value is -3.87. The number of amides is 1. The van der Waals surface area contributed by atoms with Crippen molar-refractivity contribution in [1.82, 2.24) is 29.6 Å². The SMILES string of the molecule is CC[C@@H]1CN(Cc2cc([C@H](CC(=O)NCCCO)c3ccc4c(nnn4CC)c3C)ccc2C)S(=O)(=O)c2cccnc2O1. The Bertz CT molecular complexity index is 1760. The molecule has 1 aliphatic heterocycles. The standard InChI is InChI=1S/C32H40N6O5S/c1-5-25-20-37(44(41,42)29-9-7-14-34-32(29)43-25)19-24-17-23(11-10-21(24)3)27(18-30(40)33-15-8-16-39)26-12-13-28-31(22(26)4)35-36-38(28)6-2/h7,9-14,17,25,27,39H,5-6,8,15-16,18-20H2,1-4H3,(H,33,40)/t25-,27+/m1/s1. The number of carbonyl (C=O) groups is 1. The van der Waals surface area contributed by atoms with Crippen LogP contribution in [0.15, 0.2) is 53.6 Å². The Labute approximate surface area is 258 Å². The lowest BCUT2D eigenvalue weighted by atomic mass is 9.84. The van der Waals surface area contributed by atoms with E-state index in [4.69, 9.17) is 4.74 Å². The molecule has 5 rings (SSSR count). The van der Waals surface area contributed by atoms with Crippen molar-refractivity contribution >= 4 is 27.0 Å². The summed E-state index contributed by atoms with van der Waals surface area (Å²) >= 11 is 0. The van der Waals surface area contributed by atoms with Crippen LogP contribution in [0.3, 0.4) is 0 Å². The van der Waals surface area contributed by atoms with Crippen molar-refractivity contribution in [3.63, 3.8) is 0 Å². The highest BCUT2D eigenvalue weighted by Crippen LogP contribution is 2.36. The number of fused-ring (bicyclic) bond motifs is 2. The molecule has 234 valence electrons. The number of aliphatic hydroxyl groups is 1. The van der Waals surface area contributed by atoms with Crippen LogP contribution in [-0.2, 0) is 27.9 Å². The summed E-state index contributed by atoms with van der Waals surface area (Å²) in [5.41, 5.74) is 6.29. The van der Waals surface area contributed by atoms with Crippen molar-refractivity contribution < 1.29 is 23.1 Å². The third-order valence-corrected chi connectivity index (χ3v) is 10.1. The number of aryl methyl sites for hydroxylation is 3. The lowest BCUT2D eigenvalue weighted by Crippen LogP contribution is -2.36. The molecule has 0 aliphatic carbocycles. The highest BCUT2D eigenvalue weighted by Gasteiger charge is 2.35. The lowest BCUT2D eigenvalue weighted by Gasteiger charge is -2.25. The van der Waals surface area contributed by atoms with Crippen molar-refractivity contribution in [2.75, 3.05) is 19.7 Å². The van der Waals surface area contributed by atoms with Gasteiger partial charge in [-0.25, -0.2) is 18.1 Å². The molecule has 2 aromatic carbocycles. The molecule has 12 heteroatoms. The average molecular weight is 621 g/mol. The van der Waals surface area contributed by atoms with Gasteiger partial charge in [0.15, 0.2) is 0 Å². The fourth-order valence-electron chi connectivity index (χ4n) is 5.72. The normalized spacial score (nSPS) is 17.1. The van der Waals surface area contributed by atoms with Gasteiger partial charge in [0, 0.05) is 44.8 Å². The van der Waals surface area contributed by atoms with Gasteiger partial charge in [0.1, 0.15) is 16.5 Å². The van der Waals surface area contributed by atoms with Crippen LogP contribution in [0.5, 0.6) is 5.88 Å². The van der Waals surface area contributed by atoms with E-state index in [2.05, 4.69) is 20.6 Å². The van der Waals surface area contributed by atoms with E-state index in [1.807, 2.05) is 62.7 Å². The Kier molecular flexibility index (Phi) is 9.62. The van der Waals surface area contributed by atoms with E-state index in [1.165, 1.54) is 16.6 Å². The fraction of sp³-hybridized carbons (Fsp3) is 0.438. The van der Waals surface area contributed by atoms with Gasteiger partial charge in [-0.15, -0.1) is 5.10 Å². The van der Waals surface area contributed by atoms with Crippen molar-refractivity contribution in [2.24, 2.45) is 0 Å². The first-order valence-corrected chi connectivity index (χ1v) is 16.5. The van der Waals surface area contributed by atoms with Crippen molar-refractivity contribution in [1.29, 1.82) is 0 Å². The molecule has 0 spiro atoms. The van der Waals surface area contributed by atoms with E-state index in [-0.39, 0.29) is 54.8 Å². The number of hydrogen-bond donors (Lipinski definition) is 2. The summed E-state index contributed by atoms with van der Waals surface area (Å²) in [6.07, 6.45) is 2.47. The minimum absolute atomic E-state index is 0.00222. The Morgan fingerprint density at radius 2 is 2.00 bits per heavy atom. The quantitative estimate of drug-likeness (QED) is 0.241. The van der Waals surface area contributed by atoms with Gasteiger partial charge in [0.25, 0.3) is 0 Å². The smallest absolute Gasteiger partial charge is 0.248 e. The van der Waals surface area contributed by atoms with Crippen LogP contribution in [0.2, 0.25) is 0 Å². The minimum atomic E-state index is -3.88. The van der Waals surface area contributed by atoms with Gasteiger partial charge in [0.2, 0.25) is 21.8 Å². The molecule has 0 saturated heterocycles. The van der Waals surface area contributed by atoms with Crippen LogP contribution < -0.4 is 10.1 Å². The van der Waals surface area contributed by atoms with E-state index in [0.29, 0.717) is 25.9 Å². The zero-order valence-corrected chi connectivity index (χ0v) is 26.5. The number of benzene rings is 2. The molecule has 2 aromatic heterocycles. The highest BCUT2D eigenvalue weighted by atomic mass is 32.2. The molecule has 11 nitrogen and oxygen atoms in total. The van der Waals surface area contributed by atoms with Crippen molar-refractivity contribution in [2.45, 2.75) is 77.0 Å². The molecular weight excluding hydrogens is 580 g/mol. The molecule has 0 fully saturated rings. The second-order valence-electron chi connectivity index (χ2n) is 11.2. The summed E-state index contributed by atoms with van der Waals surface area (Å²) in [5.74, 6) is -0.327. The van der Waals surface area contributed by atoms with Crippen LogP contribution in [0.25, 0.3) is 11.0 Å². The topological polar surface area (TPSA) is 140 Å². The zero-order valence-electron chi connectivity index (χ0n) is 25.7. The third kappa shape index (κ3) is 6.33. The minimum Gasteiger partial charge on any atom is -0.472 e. The number of aliphatic hydroxyl groups excluding tert-OH is 1. The number of ether oxygens (including phenoxy) is 1. The van der Waals surface area contributed by atoms with Crippen LogP contribution in [0.4, 0.5) is 0 Å². The maximum atomic E-state index is 13.8. The maximum absolute atomic E-state index is 13.8. The molecule has 3 heterocycles. The van der Waals surface area contributed by atoms with E-state index in [1.54, 1.807) is 6.07 Å². The monoisotopic (exact) mass is 620 g/mol. The molecule has 0 unspecified atom stereocenters. The molecule has 1 amide bonds. The fourth-order valence-corrected chi connectivity index (χ4v) is 7.24. The van der Waals surface area contributed by atoms with Crippen molar-refractivity contribution in [3.8, 4) is 5.88 Å². The second-order valence-corrected chi connectivity index (χ2v) is 13.1. The number of carbonyl (C=O) groups excluding carboxylic acids is 1. The Balaban J connectivity index is 1.54. The first kappa shape index (κ1) is 31.6. The second kappa shape index (κ2) is 13.4. The van der Waals surface area contributed by atoms with Gasteiger partial charge in [-0.05, 0) is 79.6 Å². The van der Waals surface area contributed by atoms with E-state index in [9.17, 15) is 18.3 Å². The lowest BCUT2D eigenvalue weighted by molar-refractivity contribution is -0.121. The molecule has 1 aliphatic rings. The third-order valence-electron chi connectivity index (χ3n) is 8.32. The van der Waals surface area contributed by atoms with E-state index < -0.39 is 10.0 Å². The predicted molar refractivity (Wildman–Crippen MR) is 167 cm³/mol. The number of aromatic nitrogens is 4. The number of sulfonamides is 1. The van der Waals surface area contributed by atoms with Crippen LogP contribution in [0.1, 0.15) is 66.8 Å². The summed E-state index contributed by atoms with van der Waals surface area (Å²) in [4.78, 5) is 17.4. The van der Waals surface area contributed by atoms with Gasteiger partial charge in [-0.3, -0.25) is 4.79 Å². The molecule has 44 heavy (non-hydrogen) atoms. The Morgan fingerprint density at radius 1 is 1.18 bits per heavy atom. The zero-order chi connectivity index (χ0) is 31.4. The molecule has 4 aromatic rings. The number of nitrogens with zero attached hydrogens (tertiary/aromatic N) is 5. The summed E-state index contributed by atoms with van der Waals surface area (Å²) in [7, 11) is -3.88. The number of rotatable bonds is 11. The van der Waals surface area contributed by atoms with Gasteiger partial charge >= 0.3 is 0 Å². The van der Waals surface area contributed by atoms with Gasteiger partial charge in [-0.1, -0.05) is 36.4 Å². The number of nitrogens with one attached hydrogen (secondary N) is 1. The average Bonchev–Trinajstić information content (AvgIpc) is 3.40. The highest BCUT2D eigenvalue weighted by molar-refractivity contribution is 7.89. The van der Waals surface area contributed by atoms with E-state index in [0.717, 1.165) is 38.9 Å². The summed E-state index contributed by atoms with van der Waals surface area (Å²) < 4.78 is 37.0. The molecule has 0 radical (unpaired) electrons. The number of hydrogen-bond acceptors (Lipinski definition) is 8. The molecule has 2 atom stereocenters. The first-order valence-electron chi connectivity index (χ1n) is 15.1. The first-order chi connectivity index (χ1) is 21.2. The van der Waals surface area contributed by atoms with Crippen LogP contribution in [-0.4, -0.2) is 69.5 Å². The van der Waals surface area contributed by atoms with Crippen molar-refractivity contribution in [3.05, 3.63) is 76.5 Å². The summed E-state index contributed by atoms with van der Waals surface area (Å²) in [6.45, 7) is 9.35. The van der Waals surface area contributed by atoms with Crippen LogP contribution >= 0.6 is 0 Å². The summed E-state index contributed by atoms with van der Waals surface area (Å²) in [6, 6.07) is 13.2. The number of pyridine rings is 1. The molecular formula is C32H40N6O5S. The van der Waals surface area contributed by atoms with Gasteiger partial charge < -0.3 is 15.2 Å². The van der Waals surface area contributed by atoms with Crippen LogP contribution in [0, 0.1) is 13.8 Å². The van der Waals surface area contributed by atoms with Gasteiger partial charge in [-0.2, -0.15) is 4.31 Å². The largest absolute Gasteiger partial charge is 0.472 e. The Morgan fingerprint density at radius 3 is 2.75 bits per heavy atom. The van der Waals surface area contributed by atoms with E-state index >= 15 is 0 Å². The van der Waals surface area contributed by atoms with Gasteiger partial charge in [0.05, 0.1) is 12.1 Å². The summed E-state index contributed by atoms with van der Waals surface area (Å²) in [5, 5.41) is 20.8. The molecule has 0 saturated carbocycles.